The van der Waals surface area contributed by atoms with Gasteiger partial charge in [-0.25, -0.2) is 4.39 Å². The maximum atomic E-state index is 14.0. The van der Waals surface area contributed by atoms with E-state index in [1.54, 1.807) is 18.2 Å². The molecule has 0 unspecified atom stereocenters. The van der Waals surface area contributed by atoms with Gasteiger partial charge in [-0.3, -0.25) is 14.7 Å². The molecule has 1 amide bonds. The lowest BCUT2D eigenvalue weighted by Crippen LogP contribution is -2.41. The SMILES string of the molecule is O=C1C(=Cc2cc(Br)c(OCc3ccccc3F)c(Br)c2)SC(=NC2CCCCC2)N1C1CCCCC1. The van der Waals surface area contributed by atoms with Crippen LogP contribution in [0.5, 0.6) is 5.75 Å². The number of rotatable bonds is 6. The molecule has 5 rings (SSSR count). The minimum Gasteiger partial charge on any atom is -0.486 e. The van der Waals surface area contributed by atoms with Crippen LogP contribution in [-0.4, -0.2) is 28.1 Å². The fourth-order valence-corrected chi connectivity index (χ4v) is 7.88. The van der Waals surface area contributed by atoms with Crippen molar-refractivity contribution < 1.29 is 13.9 Å². The second-order valence-corrected chi connectivity index (χ2v) is 12.7. The predicted octanol–water partition coefficient (Wildman–Crippen LogP) is 8.87. The van der Waals surface area contributed by atoms with Crippen LogP contribution in [0.3, 0.4) is 0 Å². The third-order valence-electron chi connectivity index (χ3n) is 7.29. The Balaban J connectivity index is 1.38. The summed E-state index contributed by atoms with van der Waals surface area (Å²) in [7, 11) is 0. The zero-order valence-electron chi connectivity index (χ0n) is 20.7. The largest absolute Gasteiger partial charge is 0.486 e. The van der Waals surface area contributed by atoms with E-state index in [2.05, 4.69) is 31.9 Å². The van der Waals surface area contributed by atoms with Gasteiger partial charge < -0.3 is 4.74 Å². The smallest absolute Gasteiger partial charge is 0.266 e. The van der Waals surface area contributed by atoms with Gasteiger partial charge in [0.05, 0.1) is 19.9 Å². The number of amidine groups is 1. The van der Waals surface area contributed by atoms with Crippen molar-refractivity contribution in [3.63, 3.8) is 0 Å². The van der Waals surface area contributed by atoms with Gasteiger partial charge in [0.25, 0.3) is 5.91 Å². The molecule has 0 N–H and O–H groups in total. The van der Waals surface area contributed by atoms with E-state index < -0.39 is 0 Å². The van der Waals surface area contributed by atoms with Gasteiger partial charge in [0.15, 0.2) is 5.17 Å². The van der Waals surface area contributed by atoms with Crippen LogP contribution in [-0.2, 0) is 11.4 Å². The monoisotopic (exact) mass is 648 g/mol. The van der Waals surface area contributed by atoms with E-state index in [1.165, 1.54) is 56.4 Å². The third-order valence-corrected chi connectivity index (χ3v) is 9.47. The molecule has 0 bridgehead atoms. The van der Waals surface area contributed by atoms with Gasteiger partial charge in [0.1, 0.15) is 18.2 Å². The standard InChI is InChI=1S/C29H31Br2FN2O2S/c30-23-15-19(16-24(31)27(23)36-18-20-9-7-8-14-25(20)32)17-26-28(35)34(22-12-5-2-6-13-22)29(37-26)33-21-10-3-1-4-11-21/h7-9,14-17,21-22H,1-6,10-13,18H2. The number of ether oxygens (including phenoxy) is 1. The highest BCUT2D eigenvalue weighted by atomic mass is 79.9. The van der Waals surface area contributed by atoms with Gasteiger partial charge in [-0.1, -0.05) is 56.7 Å². The molecule has 0 atom stereocenters. The minimum absolute atomic E-state index is 0.0681. The molecule has 1 aliphatic heterocycles. The average Bonchev–Trinajstić information content (AvgIpc) is 3.19. The van der Waals surface area contributed by atoms with Gasteiger partial charge in [-0.15, -0.1) is 0 Å². The number of hydrogen-bond acceptors (Lipinski definition) is 4. The summed E-state index contributed by atoms with van der Waals surface area (Å²) in [6.45, 7) is 0.121. The first kappa shape index (κ1) is 26.9. The van der Waals surface area contributed by atoms with Gasteiger partial charge in [-0.2, -0.15) is 0 Å². The van der Waals surface area contributed by atoms with Crippen LogP contribution in [0.4, 0.5) is 4.39 Å². The first-order valence-corrected chi connectivity index (χ1v) is 15.6. The summed E-state index contributed by atoms with van der Waals surface area (Å²) in [5.74, 6) is 0.374. The Morgan fingerprint density at radius 3 is 2.32 bits per heavy atom. The predicted molar refractivity (Wildman–Crippen MR) is 156 cm³/mol. The molecule has 196 valence electrons. The summed E-state index contributed by atoms with van der Waals surface area (Å²) in [6, 6.07) is 11.0. The summed E-state index contributed by atoms with van der Waals surface area (Å²) in [5.41, 5.74) is 1.38. The van der Waals surface area contributed by atoms with Crippen molar-refractivity contribution >= 4 is 60.8 Å². The molecule has 1 saturated heterocycles. The van der Waals surface area contributed by atoms with Crippen LogP contribution in [0.1, 0.15) is 75.3 Å². The maximum absolute atomic E-state index is 14.0. The third kappa shape index (κ3) is 6.51. The van der Waals surface area contributed by atoms with E-state index in [0.29, 0.717) is 22.3 Å². The number of carbonyl (C=O) groups excluding carboxylic acids is 1. The van der Waals surface area contributed by atoms with Crippen molar-refractivity contribution in [2.45, 2.75) is 82.9 Å². The van der Waals surface area contributed by atoms with Crippen LogP contribution >= 0.6 is 43.6 Å². The van der Waals surface area contributed by atoms with Gasteiger partial charge in [0, 0.05) is 11.6 Å². The van der Waals surface area contributed by atoms with Crippen LogP contribution in [0.15, 0.2) is 55.2 Å². The summed E-state index contributed by atoms with van der Waals surface area (Å²) < 4.78 is 21.4. The number of carbonyl (C=O) groups is 1. The summed E-state index contributed by atoms with van der Waals surface area (Å²) >= 11 is 8.72. The molecule has 4 nitrogen and oxygen atoms in total. The summed E-state index contributed by atoms with van der Waals surface area (Å²) in [4.78, 5) is 21.5. The zero-order chi connectivity index (χ0) is 25.8. The lowest BCUT2D eigenvalue weighted by atomic mass is 9.94. The second kappa shape index (κ2) is 12.5. The highest BCUT2D eigenvalue weighted by molar-refractivity contribution is 9.11. The van der Waals surface area contributed by atoms with Crippen molar-refractivity contribution in [1.82, 2.24) is 4.90 Å². The number of hydrogen-bond donors (Lipinski definition) is 0. The molecule has 2 aromatic rings. The van der Waals surface area contributed by atoms with Crippen LogP contribution in [0.2, 0.25) is 0 Å². The molecule has 3 aliphatic rings. The van der Waals surface area contributed by atoms with Crippen molar-refractivity contribution in [3.8, 4) is 5.75 Å². The topological polar surface area (TPSA) is 41.9 Å². The number of halogens is 3. The van der Waals surface area contributed by atoms with Gasteiger partial charge in [0.2, 0.25) is 0 Å². The number of nitrogens with zero attached hydrogens (tertiary/aromatic N) is 2. The van der Waals surface area contributed by atoms with E-state index in [1.807, 2.05) is 23.1 Å². The normalized spacial score (nSPS) is 21.8. The van der Waals surface area contributed by atoms with E-state index in [-0.39, 0.29) is 24.4 Å². The highest BCUT2D eigenvalue weighted by Gasteiger charge is 2.39. The fraction of sp³-hybridized carbons (Fsp3) is 0.448. The second-order valence-electron chi connectivity index (χ2n) is 9.97. The Labute approximate surface area is 239 Å². The molecule has 0 radical (unpaired) electrons. The molecule has 0 aromatic heterocycles. The van der Waals surface area contributed by atoms with Crippen LogP contribution in [0, 0.1) is 5.82 Å². The molecule has 1 heterocycles. The number of thioether (sulfide) groups is 1. The Morgan fingerprint density at radius 2 is 1.65 bits per heavy atom. The van der Waals surface area contributed by atoms with Crippen LogP contribution < -0.4 is 4.74 Å². The lowest BCUT2D eigenvalue weighted by Gasteiger charge is -2.31. The fourth-order valence-electron chi connectivity index (χ4n) is 5.32. The van der Waals surface area contributed by atoms with Gasteiger partial charge in [-0.05, 0) is 99.1 Å². The lowest BCUT2D eigenvalue weighted by molar-refractivity contribution is -0.124. The van der Waals surface area contributed by atoms with E-state index >= 15 is 0 Å². The maximum Gasteiger partial charge on any atom is 0.266 e. The molecule has 0 spiro atoms. The highest BCUT2D eigenvalue weighted by Crippen LogP contribution is 2.40. The van der Waals surface area contributed by atoms with E-state index in [4.69, 9.17) is 9.73 Å². The van der Waals surface area contributed by atoms with Gasteiger partial charge >= 0.3 is 0 Å². The first-order chi connectivity index (χ1) is 18.0. The van der Waals surface area contributed by atoms with Crippen molar-refractivity contribution in [2.24, 2.45) is 4.99 Å². The molecular weight excluding hydrogens is 619 g/mol. The van der Waals surface area contributed by atoms with Crippen molar-refractivity contribution in [3.05, 3.63) is 67.2 Å². The molecule has 2 saturated carbocycles. The molecule has 8 heteroatoms. The molecular formula is C29H31Br2FN2O2S. The zero-order valence-corrected chi connectivity index (χ0v) is 24.7. The molecule has 3 fully saturated rings. The quantitative estimate of drug-likeness (QED) is 0.294. The van der Waals surface area contributed by atoms with Crippen molar-refractivity contribution in [1.29, 1.82) is 0 Å². The average molecular weight is 650 g/mol. The van der Waals surface area contributed by atoms with Crippen LogP contribution in [0.25, 0.3) is 6.08 Å². The van der Waals surface area contributed by atoms with Crippen molar-refractivity contribution in [2.75, 3.05) is 0 Å². The molecule has 37 heavy (non-hydrogen) atoms. The Bertz CT molecular complexity index is 1180. The minimum atomic E-state index is -0.291. The summed E-state index contributed by atoms with van der Waals surface area (Å²) in [6.07, 6.45) is 13.6. The summed E-state index contributed by atoms with van der Waals surface area (Å²) in [5, 5.41) is 0.887. The Kier molecular flexibility index (Phi) is 9.09. The number of amides is 1. The molecule has 2 aromatic carbocycles. The Hall–Kier alpha value is -1.64. The Morgan fingerprint density at radius 1 is 1.00 bits per heavy atom. The molecule has 2 aliphatic carbocycles. The number of aliphatic imine (C=N–C) groups is 1. The van der Waals surface area contributed by atoms with E-state index in [0.717, 1.165) is 45.4 Å². The first-order valence-electron chi connectivity index (χ1n) is 13.2. The number of benzene rings is 2. The van der Waals surface area contributed by atoms with E-state index in [9.17, 15) is 9.18 Å².